The summed E-state index contributed by atoms with van der Waals surface area (Å²) < 4.78 is 131. The van der Waals surface area contributed by atoms with Crippen LogP contribution in [-0.2, 0) is 48.7 Å². The Balaban J connectivity index is 0.000000143. The highest BCUT2D eigenvalue weighted by atomic mass is 32.2. The minimum absolute atomic E-state index is 0.00457. The van der Waals surface area contributed by atoms with Crippen LogP contribution in [0.15, 0.2) is 91.4 Å². The molecule has 12 aromatic rings. The summed E-state index contributed by atoms with van der Waals surface area (Å²) in [6.45, 7) is 22.9. The van der Waals surface area contributed by atoms with Gasteiger partial charge in [-0.2, -0.15) is 0 Å². The molecule has 0 radical (unpaired) electrons. The van der Waals surface area contributed by atoms with Crippen molar-refractivity contribution < 1.29 is 44.3 Å². The first kappa shape index (κ1) is 75.7. The van der Waals surface area contributed by atoms with Crippen LogP contribution in [0, 0.1) is 55.7 Å². The van der Waals surface area contributed by atoms with Gasteiger partial charge in [-0.1, -0.05) is 18.2 Å². The van der Waals surface area contributed by atoms with Crippen LogP contribution in [0.4, 0.5) is 66.0 Å². The lowest BCUT2D eigenvalue weighted by molar-refractivity contribution is 0.183. The molecule has 12 heterocycles. The van der Waals surface area contributed by atoms with Gasteiger partial charge >= 0.3 is 0 Å². The Kier molecular flexibility index (Phi) is 22.2. The highest BCUT2D eigenvalue weighted by Crippen LogP contribution is 2.36. The highest BCUT2D eigenvalue weighted by Gasteiger charge is 2.26. The van der Waals surface area contributed by atoms with Crippen molar-refractivity contribution in [3.05, 3.63) is 178 Å². The molecule has 32 heteroatoms. The number of aliphatic hydroxyl groups is 1. The Hall–Kier alpha value is -10.5. The molecule has 3 aliphatic heterocycles. The second kappa shape index (κ2) is 31.7. The number of fused-ring (bicyclic) bond motifs is 6. The number of pyridine rings is 3. The van der Waals surface area contributed by atoms with Gasteiger partial charge in [-0.3, -0.25) is 14.7 Å². The van der Waals surface area contributed by atoms with Gasteiger partial charge in [0.05, 0.1) is 47.5 Å². The first-order valence-corrected chi connectivity index (χ1v) is 37.6. The maximum atomic E-state index is 15.0. The molecule has 3 aliphatic rings. The largest absolute Gasteiger partial charge is 0.395 e. The van der Waals surface area contributed by atoms with Crippen LogP contribution >= 0.6 is 0 Å². The molecule has 0 bridgehead atoms. The topological polar surface area (TPSA) is 270 Å². The number of halogens is 7. The molecule has 3 aromatic carbocycles. The third-order valence-corrected chi connectivity index (χ3v) is 20.0. The van der Waals surface area contributed by atoms with E-state index < -0.39 is 44.7 Å². The Bertz CT molecular complexity index is 5290. The highest BCUT2D eigenvalue weighted by molar-refractivity contribution is 7.90. The summed E-state index contributed by atoms with van der Waals surface area (Å²) in [6.07, 6.45) is 6.57. The first-order valence-electron chi connectivity index (χ1n) is 35.6. The molecule has 0 atom stereocenters. The summed E-state index contributed by atoms with van der Waals surface area (Å²) in [5, 5.41) is 18.3. The van der Waals surface area contributed by atoms with Crippen LogP contribution in [0.25, 0.3) is 66.9 Å². The van der Waals surface area contributed by atoms with Gasteiger partial charge in [-0.05, 0) is 134 Å². The molecular formula is C76H82F7N21O3S. The quantitative estimate of drug-likeness (QED) is 0.0548. The average molecular weight is 1500 g/mol. The second-order valence-corrected chi connectivity index (χ2v) is 30.2. The number of nitrogens with zero attached hydrogens (tertiary/aromatic N) is 18. The molecule has 9 aromatic heterocycles. The standard InChI is InChI=1S/C26H29F2N7O2S.C25H26F3N7.C25H27F2N7O/c1-15(2)35-16(3)30-25-19(27)11-18(12-22(25)35)24-20(28)13-29-26(33-24)32-23-6-5-17-14-34(8-7-21(17)31-23)9-10-38(4,36)37;1-14(2)35-15(3)30-24-18(27)10-17(11-21(24)35)23-19(28)12-29-25(33-23)32-22-5-4-16-13-34(9-7-26)8-6-20(16)31-22;1-14(2)34-15(3)29-24-18(26)10-17(11-21(24)34)23-19(27)12-28-25(32-23)31-22-5-4-16-13-33(8-9-35)7-6-20(16)30-22/h5-6,11-13,15H,7-10,14H2,1-4H3,(H,29,31,32,33);4-5,10-12,14H,6-9,13H2,1-3H3,(H,29,31,32,33);4-5,10-12,14,35H,6-9,13H2,1-3H3,(H,28,30,31,32). The number of hydrogen-bond acceptors (Lipinski definition) is 21. The molecule has 4 N–H and O–H groups in total. The fraction of sp³-hybridized carbons (Fsp3) is 0.368. The van der Waals surface area contributed by atoms with Crippen LogP contribution in [0.2, 0.25) is 0 Å². The van der Waals surface area contributed by atoms with E-state index in [-0.39, 0.29) is 94.2 Å². The normalized spacial score (nSPS) is 14.1. The van der Waals surface area contributed by atoms with E-state index in [2.05, 4.69) is 90.5 Å². The summed E-state index contributed by atoms with van der Waals surface area (Å²) in [6, 6.07) is 20.3. The van der Waals surface area contributed by atoms with E-state index in [4.69, 9.17) is 0 Å². The van der Waals surface area contributed by atoms with Crippen LogP contribution in [0.5, 0.6) is 0 Å². The Labute approximate surface area is 619 Å². The maximum Gasteiger partial charge on any atom is 0.229 e. The SMILES string of the molecule is Cc1nc2c(F)cc(-c3nc(Nc4ccc5c(n4)CCN(CCF)C5)ncc3F)cc2n1C(C)C.Cc1nc2c(F)cc(-c3nc(Nc4ccc5c(n4)CCN(CCO)C5)ncc3F)cc2n1C(C)C.Cc1nc2c(F)cc(-c3nc(Nc4ccc5c(n4)CCN(CCS(C)(=O)=O)C5)ncc3F)cc2n1C(C)C. The minimum atomic E-state index is -3.02. The zero-order chi connectivity index (χ0) is 76.6. The minimum Gasteiger partial charge on any atom is -0.395 e. The van der Waals surface area contributed by atoms with Gasteiger partial charge in [0.1, 0.15) is 85.1 Å². The number of hydrogen-bond donors (Lipinski definition) is 4. The smallest absolute Gasteiger partial charge is 0.229 e. The van der Waals surface area contributed by atoms with Gasteiger partial charge < -0.3 is 34.8 Å². The molecule has 15 rings (SSSR count). The van der Waals surface area contributed by atoms with Crippen molar-refractivity contribution in [1.29, 1.82) is 0 Å². The predicted molar refractivity (Wildman–Crippen MR) is 400 cm³/mol. The summed E-state index contributed by atoms with van der Waals surface area (Å²) in [7, 11) is -3.02. The lowest BCUT2D eigenvalue weighted by Crippen LogP contribution is -2.34. The van der Waals surface area contributed by atoms with Gasteiger partial charge in [-0.25, -0.2) is 99.0 Å². The van der Waals surface area contributed by atoms with Crippen molar-refractivity contribution in [3.8, 4) is 33.8 Å². The fourth-order valence-electron chi connectivity index (χ4n) is 14.2. The number of imidazole rings is 3. The summed E-state index contributed by atoms with van der Waals surface area (Å²) >= 11 is 0. The van der Waals surface area contributed by atoms with Crippen molar-refractivity contribution in [2.24, 2.45) is 0 Å². The molecule has 24 nitrogen and oxygen atoms in total. The van der Waals surface area contributed by atoms with Gasteiger partial charge in [0.15, 0.2) is 34.9 Å². The molecule has 0 saturated heterocycles. The predicted octanol–water partition coefficient (Wildman–Crippen LogP) is 13.5. The number of aliphatic hydroxyl groups excluding tert-OH is 1. The number of nitrogens with one attached hydrogen (secondary N) is 3. The third kappa shape index (κ3) is 16.6. The summed E-state index contributed by atoms with van der Waals surface area (Å²) in [4.78, 5) is 58.5. The van der Waals surface area contributed by atoms with Crippen molar-refractivity contribution in [2.45, 2.75) is 119 Å². The zero-order valence-electron chi connectivity index (χ0n) is 61.4. The lowest BCUT2D eigenvalue weighted by Gasteiger charge is -2.28. The third-order valence-electron chi connectivity index (χ3n) is 19.1. The monoisotopic (exact) mass is 1500 g/mol. The average Bonchev–Trinajstić information content (AvgIpc) is 1.62. The van der Waals surface area contributed by atoms with E-state index in [0.29, 0.717) is 115 Å². The number of aromatic nitrogens is 15. The summed E-state index contributed by atoms with van der Waals surface area (Å²) in [5.74, 6) is 0.599. The number of β-amino-alcohol motifs (C(OH)–C–C–N with tert-alkyl or cyclic N) is 1. The van der Waals surface area contributed by atoms with Gasteiger partial charge in [0.25, 0.3) is 0 Å². The van der Waals surface area contributed by atoms with Crippen LogP contribution in [0.3, 0.4) is 0 Å². The Morgan fingerprint density at radius 3 is 1.05 bits per heavy atom. The fourth-order valence-corrected chi connectivity index (χ4v) is 14.8. The molecular weight excluding hydrogens is 1420 g/mol. The van der Waals surface area contributed by atoms with E-state index in [1.54, 1.807) is 30.3 Å². The van der Waals surface area contributed by atoms with Crippen molar-refractivity contribution in [2.75, 3.05) is 80.5 Å². The van der Waals surface area contributed by atoms with Crippen molar-refractivity contribution >= 4 is 78.2 Å². The maximum absolute atomic E-state index is 15.0. The van der Waals surface area contributed by atoms with Gasteiger partial charge in [-0.15, -0.1) is 0 Å². The van der Waals surface area contributed by atoms with Gasteiger partial charge in [0.2, 0.25) is 17.8 Å². The van der Waals surface area contributed by atoms with E-state index in [1.807, 2.05) is 100 Å². The molecule has 0 aliphatic carbocycles. The number of rotatable bonds is 19. The first-order chi connectivity index (χ1) is 51.6. The van der Waals surface area contributed by atoms with Gasteiger partial charge in [0, 0.05) is 136 Å². The van der Waals surface area contributed by atoms with Crippen LogP contribution < -0.4 is 16.0 Å². The van der Waals surface area contributed by atoms with E-state index >= 15 is 0 Å². The number of sulfone groups is 1. The number of benzene rings is 3. The van der Waals surface area contributed by atoms with Crippen molar-refractivity contribution in [3.63, 3.8) is 0 Å². The number of aryl methyl sites for hydroxylation is 3. The Morgan fingerprint density at radius 1 is 0.435 bits per heavy atom. The molecule has 108 heavy (non-hydrogen) atoms. The van der Waals surface area contributed by atoms with Crippen LogP contribution in [-0.4, -0.2) is 166 Å². The van der Waals surface area contributed by atoms with E-state index in [0.717, 1.165) is 78.4 Å². The number of alkyl halides is 1. The Morgan fingerprint density at radius 2 is 0.750 bits per heavy atom. The molecule has 0 fully saturated rings. The van der Waals surface area contributed by atoms with E-state index in [9.17, 15) is 44.3 Å². The molecule has 0 unspecified atom stereocenters. The van der Waals surface area contributed by atoms with E-state index in [1.165, 1.54) is 24.5 Å². The molecule has 0 amide bonds. The van der Waals surface area contributed by atoms with Crippen LogP contribution in [0.1, 0.15) is 111 Å². The molecule has 0 saturated carbocycles. The molecule has 0 spiro atoms. The second-order valence-electron chi connectivity index (χ2n) is 27.9. The lowest BCUT2D eigenvalue weighted by atomic mass is 10.1. The number of anilines is 6. The molecule has 564 valence electrons. The zero-order valence-corrected chi connectivity index (χ0v) is 62.2. The van der Waals surface area contributed by atoms with Crippen molar-refractivity contribution in [1.82, 2.24) is 88.2 Å². The summed E-state index contributed by atoms with van der Waals surface area (Å²) in [5.41, 5.74) is 9.30.